The van der Waals surface area contributed by atoms with E-state index in [1.807, 2.05) is 6.07 Å². The van der Waals surface area contributed by atoms with Gasteiger partial charge < -0.3 is 5.32 Å². The van der Waals surface area contributed by atoms with Crippen molar-refractivity contribution >= 4 is 15.7 Å². The van der Waals surface area contributed by atoms with Crippen LogP contribution >= 0.6 is 0 Å². The molecule has 4 nitrogen and oxygen atoms in total. The summed E-state index contributed by atoms with van der Waals surface area (Å²) in [6.07, 6.45) is 0.906. The Hall–Kier alpha value is -1.99. The van der Waals surface area contributed by atoms with Crippen LogP contribution in [0.1, 0.15) is 16.7 Å². The minimum Gasteiger partial charge on any atom is -0.312 e. The molecule has 0 aliphatic carbocycles. The fraction of sp³-hybridized carbons (Fsp3) is 0.250. The Bertz CT molecular complexity index is 838. The van der Waals surface area contributed by atoms with Gasteiger partial charge in [-0.3, -0.25) is 4.72 Å². The summed E-state index contributed by atoms with van der Waals surface area (Å²) in [5.74, 6) is -2.15. The van der Waals surface area contributed by atoms with E-state index in [-0.39, 0.29) is 5.56 Å². The van der Waals surface area contributed by atoms with E-state index in [1.54, 1.807) is 12.1 Å². The van der Waals surface area contributed by atoms with E-state index in [0.29, 0.717) is 18.3 Å². The summed E-state index contributed by atoms with van der Waals surface area (Å²) in [6, 6.07) is 8.23. The predicted octanol–water partition coefficient (Wildman–Crippen LogP) is 2.55. The first kappa shape index (κ1) is 15.9. The van der Waals surface area contributed by atoms with Crippen molar-refractivity contribution in [1.29, 1.82) is 0 Å². The summed E-state index contributed by atoms with van der Waals surface area (Å²) in [5, 5.41) is 3.22. The number of benzene rings is 2. The maximum Gasteiger partial charge on any atom is 0.237 e. The summed E-state index contributed by atoms with van der Waals surface area (Å²) >= 11 is 0. The zero-order chi connectivity index (χ0) is 16.4. The van der Waals surface area contributed by atoms with Gasteiger partial charge in [0.2, 0.25) is 10.0 Å². The van der Waals surface area contributed by atoms with Crippen LogP contribution in [0.25, 0.3) is 0 Å². The molecule has 0 spiro atoms. The monoisotopic (exact) mass is 338 g/mol. The van der Waals surface area contributed by atoms with Gasteiger partial charge in [0.1, 0.15) is 11.6 Å². The maximum absolute atomic E-state index is 13.6. The van der Waals surface area contributed by atoms with Gasteiger partial charge in [0, 0.05) is 23.9 Å². The minimum atomic E-state index is -3.78. The molecule has 0 amide bonds. The molecule has 0 saturated heterocycles. The van der Waals surface area contributed by atoms with Crippen LogP contribution in [-0.2, 0) is 28.7 Å². The van der Waals surface area contributed by atoms with Gasteiger partial charge in [-0.1, -0.05) is 12.1 Å². The molecular weight excluding hydrogens is 322 g/mol. The fourth-order valence-electron chi connectivity index (χ4n) is 2.60. The molecule has 2 aromatic rings. The standard InChI is InChI=1S/C16H16F2N2O2S/c17-14-3-1-12(16(18)8-14)10-23(21,22)20-15-4-2-11-5-6-19-9-13(11)7-15/h1-4,7-8,19-20H,5-6,9-10H2. The molecule has 3 rings (SSSR count). The van der Waals surface area contributed by atoms with Crippen molar-refractivity contribution in [1.82, 2.24) is 5.32 Å². The summed E-state index contributed by atoms with van der Waals surface area (Å²) in [7, 11) is -3.78. The highest BCUT2D eigenvalue weighted by molar-refractivity contribution is 7.91. The number of hydrogen-bond donors (Lipinski definition) is 2. The molecular formula is C16H16F2N2O2S. The van der Waals surface area contributed by atoms with Crippen LogP contribution in [0.3, 0.4) is 0 Å². The van der Waals surface area contributed by atoms with E-state index in [9.17, 15) is 17.2 Å². The van der Waals surface area contributed by atoms with Crippen molar-refractivity contribution in [3.8, 4) is 0 Å². The first-order chi connectivity index (χ1) is 10.9. The number of rotatable bonds is 4. The Kier molecular flexibility index (Phi) is 4.32. The number of anilines is 1. The molecule has 0 radical (unpaired) electrons. The highest BCUT2D eigenvalue weighted by Crippen LogP contribution is 2.21. The molecule has 2 N–H and O–H groups in total. The molecule has 1 heterocycles. The molecule has 0 atom stereocenters. The number of nitrogens with one attached hydrogen (secondary N) is 2. The zero-order valence-electron chi connectivity index (χ0n) is 12.3. The second kappa shape index (κ2) is 6.25. The lowest BCUT2D eigenvalue weighted by Gasteiger charge is -2.18. The summed E-state index contributed by atoms with van der Waals surface area (Å²) in [6.45, 7) is 1.60. The molecule has 0 aromatic heterocycles. The Balaban J connectivity index is 1.78. The first-order valence-electron chi connectivity index (χ1n) is 7.20. The van der Waals surface area contributed by atoms with E-state index < -0.39 is 27.4 Å². The number of fused-ring (bicyclic) bond motifs is 1. The van der Waals surface area contributed by atoms with Crippen molar-refractivity contribution in [3.63, 3.8) is 0 Å². The third kappa shape index (κ3) is 3.86. The minimum absolute atomic E-state index is 0.0708. The predicted molar refractivity (Wildman–Crippen MR) is 84.5 cm³/mol. The van der Waals surface area contributed by atoms with Crippen molar-refractivity contribution in [2.45, 2.75) is 18.7 Å². The lowest BCUT2D eigenvalue weighted by molar-refractivity contribution is 0.570. The van der Waals surface area contributed by atoms with Crippen molar-refractivity contribution in [2.24, 2.45) is 0 Å². The Morgan fingerprint density at radius 2 is 1.91 bits per heavy atom. The second-order valence-electron chi connectivity index (χ2n) is 5.51. The van der Waals surface area contributed by atoms with Crippen LogP contribution in [0.15, 0.2) is 36.4 Å². The van der Waals surface area contributed by atoms with Gasteiger partial charge >= 0.3 is 0 Å². The molecule has 1 aliphatic rings. The molecule has 23 heavy (non-hydrogen) atoms. The molecule has 122 valence electrons. The van der Waals surface area contributed by atoms with Gasteiger partial charge in [0.05, 0.1) is 5.75 Å². The zero-order valence-corrected chi connectivity index (χ0v) is 13.1. The highest BCUT2D eigenvalue weighted by Gasteiger charge is 2.17. The first-order valence-corrected chi connectivity index (χ1v) is 8.85. The van der Waals surface area contributed by atoms with E-state index in [2.05, 4.69) is 10.0 Å². The Labute approximate surface area is 133 Å². The van der Waals surface area contributed by atoms with Gasteiger partial charge in [0.25, 0.3) is 0 Å². The molecule has 0 saturated carbocycles. The van der Waals surface area contributed by atoms with Gasteiger partial charge in [-0.2, -0.15) is 0 Å². The van der Waals surface area contributed by atoms with Gasteiger partial charge in [-0.05, 0) is 42.3 Å². The Morgan fingerprint density at radius 3 is 2.70 bits per heavy atom. The van der Waals surface area contributed by atoms with E-state index >= 15 is 0 Å². The molecule has 0 bridgehead atoms. The number of hydrogen-bond acceptors (Lipinski definition) is 3. The molecule has 0 unspecified atom stereocenters. The smallest absolute Gasteiger partial charge is 0.237 e. The Morgan fingerprint density at radius 1 is 1.09 bits per heavy atom. The normalized spacial score (nSPS) is 14.3. The molecule has 0 fully saturated rings. The average molecular weight is 338 g/mol. The fourth-order valence-corrected chi connectivity index (χ4v) is 3.80. The quantitative estimate of drug-likeness (QED) is 0.901. The van der Waals surface area contributed by atoms with Crippen molar-refractivity contribution in [2.75, 3.05) is 11.3 Å². The summed E-state index contributed by atoms with van der Waals surface area (Å²) < 4.78 is 53.3. The van der Waals surface area contributed by atoms with Gasteiger partial charge in [0.15, 0.2) is 0 Å². The van der Waals surface area contributed by atoms with Crippen LogP contribution in [0.4, 0.5) is 14.5 Å². The van der Waals surface area contributed by atoms with Crippen LogP contribution in [-0.4, -0.2) is 15.0 Å². The van der Waals surface area contributed by atoms with Crippen LogP contribution in [0, 0.1) is 11.6 Å². The maximum atomic E-state index is 13.6. The summed E-state index contributed by atoms with van der Waals surface area (Å²) in [4.78, 5) is 0. The van der Waals surface area contributed by atoms with Crippen LogP contribution in [0.2, 0.25) is 0 Å². The SMILES string of the molecule is O=S(=O)(Cc1ccc(F)cc1F)Nc1ccc2c(c1)CNCC2. The number of halogens is 2. The van der Waals surface area contributed by atoms with Crippen molar-refractivity contribution in [3.05, 3.63) is 64.7 Å². The van der Waals surface area contributed by atoms with Crippen LogP contribution in [0.5, 0.6) is 0 Å². The molecule has 7 heteroatoms. The topological polar surface area (TPSA) is 58.2 Å². The number of sulfonamides is 1. The van der Waals surface area contributed by atoms with E-state index in [1.165, 1.54) is 5.56 Å². The van der Waals surface area contributed by atoms with Gasteiger partial charge in [-0.25, -0.2) is 17.2 Å². The van der Waals surface area contributed by atoms with Crippen molar-refractivity contribution < 1.29 is 17.2 Å². The molecule has 1 aliphatic heterocycles. The lowest BCUT2D eigenvalue weighted by Crippen LogP contribution is -2.24. The molecule has 2 aromatic carbocycles. The average Bonchev–Trinajstić information content (AvgIpc) is 2.49. The van der Waals surface area contributed by atoms with E-state index in [0.717, 1.165) is 30.7 Å². The van der Waals surface area contributed by atoms with E-state index in [4.69, 9.17) is 0 Å². The van der Waals surface area contributed by atoms with Crippen LogP contribution < -0.4 is 10.0 Å². The third-order valence-corrected chi connectivity index (χ3v) is 4.96. The second-order valence-corrected chi connectivity index (χ2v) is 7.23. The largest absolute Gasteiger partial charge is 0.312 e. The summed E-state index contributed by atoms with van der Waals surface area (Å²) in [5.41, 5.74) is 2.61. The van der Waals surface area contributed by atoms with Gasteiger partial charge in [-0.15, -0.1) is 0 Å². The third-order valence-electron chi connectivity index (χ3n) is 3.73. The highest BCUT2D eigenvalue weighted by atomic mass is 32.2. The lowest BCUT2D eigenvalue weighted by atomic mass is 10.0.